The summed E-state index contributed by atoms with van der Waals surface area (Å²) < 4.78 is 49.1. The molecule has 0 heterocycles. The second-order valence-electron chi connectivity index (χ2n) is 4.93. The van der Waals surface area contributed by atoms with E-state index in [2.05, 4.69) is 0 Å². The van der Waals surface area contributed by atoms with Crippen molar-refractivity contribution in [3.8, 4) is 5.75 Å². The molecule has 0 aromatic heterocycles. The molecule has 0 radical (unpaired) electrons. The maximum Gasteiger partial charge on any atom is 0.417 e. The van der Waals surface area contributed by atoms with E-state index in [-0.39, 0.29) is 5.56 Å². The number of alkyl halides is 3. The average Bonchev–Trinajstić information content (AvgIpc) is 2.24. The molecule has 0 spiro atoms. The van der Waals surface area contributed by atoms with Crippen molar-refractivity contribution in [1.29, 1.82) is 0 Å². The highest BCUT2D eigenvalue weighted by Crippen LogP contribution is 2.38. The van der Waals surface area contributed by atoms with Crippen LogP contribution in [0.3, 0.4) is 0 Å². The van der Waals surface area contributed by atoms with Gasteiger partial charge in [0, 0.05) is 0 Å². The van der Waals surface area contributed by atoms with E-state index in [1.165, 1.54) is 31.4 Å². The molecule has 0 N–H and O–H groups in total. The number of methoxy groups -OCH3 is 1. The van der Waals surface area contributed by atoms with E-state index in [0.717, 1.165) is 0 Å². The van der Waals surface area contributed by atoms with Crippen molar-refractivity contribution < 1.29 is 22.3 Å². The Balaban J connectivity index is 3.02. The first-order valence-electron chi connectivity index (χ1n) is 5.52. The summed E-state index contributed by atoms with van der Waals surface area (Å²) in [5.74, 6) is 0.521. The fourth-order valence-electron chi connectivity index (χ4n) is 1.46. The molecule has 1 atom stereocenters. The Hall–Kier alpha value is -1.01. The molecule has 0 aliphatic heterocycles. The molecule has 0 aliphatic rings. The largest absolute Gasteiger partial charge is 0.497 e. The van der Waals surface area contributed by atoms with E-state index in [9.17, 15) is 13.2 Å². The predicted octanol–water partition coefficient (Wildman–Crippen LogP) is 4.15. The van der Waals surface area contributed by atoms with Crippen molar-refractivity contribution in [3.05, 3.63) is 29.8 Å². The molecule has 1 rings (SSSR count). The van der Waals surface area contributed by atoms with Crippen LogP contribution in [0.4, 0.5) is 13.2 Å². The van der Waals surface area contributed by atoms with Gasteiger partial charge in [-0.2, -0.15) is 13.2 Å². The van der Waals surface area contributed by atoms with Crippen molar-refractivity contribution in [2.45, 2.75) is 31.9 Å². The van der Waals surface area contributed by atoms with Crippen LogP contribution < -0.4 is 4.74 Å². The smallest absolute Gasteiger partial charge is 0.417 e. The molecule has 1 unspecified atom stereocenters. The summed E-state index contributed by atoms with van der Waals surface area (Å²) in [5.41, 5.74) is 0.103. The Morgan fingerprint density at radius 2 is 1.56 bits per heavy atom. The molecule has 6 heteroatoms. The van der Waals surface area contributed by atoms with Crippen molar-refractivity contribution >= 4 is 8.32 Å². The van der Waals surface area contributed by atoms with Gasteiger partial charge in [0.15, 0.2) is 14.4 Å². The quantitative estimate of drug-likeness (QED) is 0.770. The highest BCUT2D eigenvalue weighted by Gasteiger charge is 2.44. The van der Waals surface area contributed by atoms with Gasteiger partial charge in [-0.1, -0.05) is 12.1 Å². The maximum atomic E-state index is 13.0. The minimum atomic E-state index is -4.41. The molecule has 18 heavy (non-hydrogen) atoms. The predicted molar refractivity (Wildman–Crippen MR) is 66.2 cm³/mol. The third-order valence-corrected chi connectivity index (χ3v) is 3.13. The van der Waals surface area contributed by atoms with Gasteiger partial charge in [0.1, 0.15) is 5.75 Å². The van der Waals surface area contributed by atoms with E-state index >= 15 is 0 Å². The van der Waals surface area contributed by atoms with Gasteiger partial charge in [-0.05, 0) is 37.3 Å². The van der Waals surface area contributed by atoms with Crippen molar-refractivity contribution in [2.24, 2.45) is 0 Å². The van der Waals surface area contributed by atoms with Crippen LogP contribution in [0.25, 0.3) is 0 Å². The molecule has 1 aromatic rings. The number of hydrogen-bond donors (Lipinski definition) is 0. The van der Waals surface area contributed by atoms with Gasteiger partial charge in [0.05, 0.1) is 7.11 Å². The van der Waals surface area contributed by atoms with Crippen molar-refractivity contribution in [3.63, 3.8) is 0 Å². The van der Waals surface area contributed by atoms with Crippen molar-refractivity contribution in [1.82, 2.24) is 0 Å². The summed E-state index contributed by atoms with van der Waals surface area (Å²) in [5, 5.41) is 0. The van der Waals surface area contributed by atoms with E-state index in [4.69, 9.17) is 9.16 Å². The first-order valence-corrected chi connectivity index (χ1v) is 8.93. The maximum absolute atomic E-state index is 13.0. The third-order valence-electron chi connectivity index (χ3n) is 2.19. The Kier molecular flexibility index (Phi) is 4.44. The van der Waals surface area contributed by atoms with Crippen LogP contribution in [-0.2, 0) is 4.43 Å². The van der Waals surface area contributed by atoms with Crippen LogP contribution >= 0.6 is 0 Å². The Morgan fingerprint density at radius 1 is 1.06 bits per heavy atom. The molecule has 102 valence electrons. The SMILES string of the molecule is COc1ccc(C(O[Si](C)(C)C)C(F)(F)F)cc1. The molecule has 0 saturated carbocycles. The lowest BCUT2D eigenvalue weighted by atomic mass is 10.1. The zero-order valence-corrected chi connectivity index (χ0v) is 11.8. The van der Waals surface area contributed by atoms with Crippen LogP contribution in [0.15, 0.2) is 24.3 Å². The fourth-order valence-corrected chi connectivity index (χ4v) is 2.43. The van der Waals surface area contributed by atoms with Crippen LogP contribution in [0.2, 0.25) is 19.6 Å². The van der Waals surface area contributed by atoms with Crippen LogP contribution in [0, 0.1) is 0 Å². The number of rotatable bonds is 4. The second kappa shape index (κ2) is 5.32. The summed E-state index contributed by atoms with van der Waals surface area (Å²) in [6.45, 7) is 5.19. The molecule has 0 bridgehead atoms. The molecular weight excluding hydrogens is 261 g/mol. The summed E-state index contributed by atoms with van der Waals surface area (Å²) in [7, 11) is -0.819. The summed E-state index contributed by atoms with van der Waals surface area (Å²) in [4.78, 5) is 0. The first kappa shape index (κ1) is 15.0. The standard InChI is InChI=1S/C12H17F3O2Si/c1-16-10-7-5-9(6-8-10)11(12(13,14)15)17-18(2,3)4/h5-8,11H,1-4H3. The topological polar surface area (TPSA) is 18.5 Å². The molecular formula is C12H17F3O2Si. The normalized spacial score (nSPS) is 14.4. The zero-order valence-electron chi connectivity index (χ0n) is 10.8. The number of hydrogen-bond acceptors (Lipinski definition) is 2. The van der Waals surface area contributed by atoms with Gasteiger partial charge in [-0.3, -0.25) is 0 Å². The minimum absolute atomic E-state index is 0.103. The summed E-state index contributed by atoms with van der Waals surface area (Å²) in [6.07, 6.45) is -6.27. The van der Waals surface area contributed by atoms with E-state index in [1.807, 2.05) is 0 Å². The lowest BCUT2D eigenvalue weighted by molar-refractivity contribution is -0.200. The highest BCUT2D eigenvalue weighted by molar-refractivity contribution is 6.69. The molecule has 0 aliphatic carbocycles. The summed E-state index contributed by atoms with van der Waals surface area (Å²) >= 11 is 0. The molecule has 2 nitrogen and oxygen atoms in total. The lowest BCUT2D eigenvalue weighted by Crippen LogP contribution is -2.34. The molecule has 1 aromatic carbocycles. The van der Waals surface area contributed by atoms with E-state index in [0.29, 0.717) is 5.75 Å². The Bertz CT molecular complexity index is 382. The lowest BCUT2D eigenvalue weighted by Gasteiger charge is -2.28. The number of halogens is 3. The highest BCUT2D eigenvalue weighted by atomic mass is 28.4. The van der Waals surface area contributed by atoms with Gasteiger partial charge >= 0.3 is 6.18 Å². The van der Waals surface area contributed by atoms with E-state index in [1.54, 1.807) is 19.6 Å². The average molecular weight is 278 g/mol. The third kappa shape index (κ3) is 4.34. The van der Waals surface area contributed by atoms with Crippen molar-refractivity contribution in [2.75, 3.05) is 7.11 Å². The number of benzene rings is 1. The zero-order chi connectivity index (χ0) is 14.0. The monoisotopic (exact) mass is 278 g/mol. The number of ether oxygens (including phenoxy) is 1. The summed E-state index contributed by atoms with van der Waals surface area (Å²) in [6, 6.07) is 5.78. The Labute approximate surface area is 106 Å². The molecule has 0 saturated heterocycles. The van der Waals surface area contributed by atoms with Gasteiger partial charge in [0.25, 0.3) is 0 Å². The van der Waals surface area contributed by atoms with Crippen LogP contribution in [0.5, 0.6) is 5.75 Å². The van der Waals surface area contributed by atoms with E-state index < -0.39 is 20.6 Å². The van der Waals surface area contributed by atoms with Gasteiger partial charge in [-0.15, -0.1) is 0 Å². The first-order chi connectivity index (χ1) is 8.13. The minimum Gasteiger partial charge on any atom is -0.497 e. The Morgan fingerprint density at radius 3 is 1.89 bits per heavy atom. The fraction of sp³-hybridized carbons (Fsp3) is 0.500. The molecule has 0 amide bonds. The second-order valence-corrected chi connectivity index (χ2v) is 9.39. The van der Waals surface area contributed by atoms with Gasteiger partial charge in [-0.25, -0.2) is 0 Å². The van der Waals surface area contributed by atoms with Crippen LogP contribution in [0.1, 0.15) is 11.7 Å². The van der Waals surface area contributed by atoms with Crippen LogP contribution in [-0.4, -0.2) is 21.6 Å². The van der Waals surface area contributed by atoms with Gasteiger partial charge < -0.3 is 9.16 Å². The molecule has 0 fully saturated rings. The van der Waals surface area contributed by atoms with Gasteiger partial charge in [0.2, 0.25) is 0 Å².